The van der Waals surface area contributed by atoms with Gasteiger partial charge in [0.15, 0.2) is 6.29 Å². The average molecular weight is 273 g/mol. The summed E-state index contributed by atoms with van der Waals surface area (Å²) in [5.74, 6) is 0. The van der Waals surface area contributed by atoms with E-state index < -0.39 is 11.7 Å². The van der Waals surface area contributed by atoms with Crippen LogP contribution >= 0.6 is 0 Å². The Kier molecular flexibility index (Phi) is 4.09. The lowest BCUT2D eigenvalue weighted by Crippen LogP contribution is -2.26. The van der Waals surface area contributed by atoms with Crippen molar-refractivity contribution in [2.24, 2.45) is 0 Å². The molecule has 0 bridgehead atoms. The monoisotopic (exact) mass is 273 g/mol. The van der Waals surface area contributed by atoms with Crippen LogP contribution in [0.15, 0.2) is 18.2 Å². The molecule has 1 saturated heterocycles. The lowest BCUT2D eigenvalue weighted by Gasteiger charge is -2.23. The summed E-state index contributed by atoms with van der Waals surface area (Å²) < 4.78 is 43.9. The lowest BCUT2D eigenvalue weighted by atomic mass is 10.1. The number of carbonyl (C=O) groups excluding carboxylic acids is 1. The van der Waals surface area contributed by atoms with Crippen LogP contribution in [0, 0.1) is 0 Å². The van der Waals surface area contributed by atoms with Gasteiger partial charge >= 0.3 is 6.18 Å². The molecule has 1 fully saturated rings. The number of carbonyl (C=O) groups is 1. The number of ether oxygens (including phenoxy) is 1. The highest BCUT2D eigenvalue weighted by Gasteiger charge is 2.34. The normalized spacial score (nSPS) is 17.1. The summed E-state index contributed by atoms with van der Waals surface area (Å²) in [5, 5.41) is 0. The Balaban J connectivity index is 2.34. The molecule has 0 aliphatic carbocycles. The number of hydrogen-bond acceptors (Lipinski definition) is 3. The molecule has 104 valence electrons. The van der Waals surface area contributed by atoms with Crippen LogP contribution < -0.4 is 4.90 Å². The third-order valence-electron chi connectivity index (χ3n) is 3.06. The van der Waals surface area contributed by atoms with Crippen molar-refractivity contribution in [1.29, 1.82) is 0 Å². The van der Waals surface area contributed by atoms with Gasteiger partial charge in [-0.05, 0) is 24.6 Å². The zero-order valence-electron chi connectivity index (χ0n) is 10.2. The molecular weight excluding hydrogens is 259 g/mol. The first kappa shape index (κ1) is 13.9. The minimum Gasteiger partial charge on any atom is -0.380 e. The number of nitrogens with zero attached hydrogens (tertiary/aromatic N) is 1. The van der Waals surface area contributed by atoms with Gasteiger partial charge in [-0.2, -0.15) is 13.2 Å². The standard InChI is InChI=1S/C13H14F3NO2/c14-13(15,16)12-8-11(3-2-10(12)9-18)17-4-1-6-19-7-5-17/h2-3,8-9H,1,4-7H2. The van der Waals surface area contributed by atoms with Crippen molar-refractivity contribution in [3.63, 3.8) is 0 Å². The molecule has 0 amide bonds. The SMILES string of the molecule is O=Cc1ccc(N2CCCOCC2)cc1C(F)(F)F. The largest absolute Gasteiger partial charge is 0.417 e. The summed E-state index contributed by atoms with van der Waals surface area (Å²) in [7, 11) is 0. The van der Waals surface area contributed by atoms with Crippen molar-refractivity contribution >= 4 is 12.0 Å². The predicted octanol–water partition coefficient (Wildman–Crippen LogP) is 2.74. The first-order chi connectivity index (χ1) is 9.02. The fourth-order valence-electron chi connectivity index (χ4n) is 2.09. The number of alkyl halides is 3. The zero-order valence-corrected chi connectivity index (χ0v) is 10.2. The van der Waals surface area contributed by atoms with Gasteiger partial charge in [-0.15, -0.1) is 0 Å². The van der Waals surface area contributed by atoms with Gasteiger partial charge in [-0.3, -0.25) is 4.79 Å². The van der Waals surface area contributed by atoms with Crippen molar-refractivity contribution in [2.45, 2.75) is 12.6 Å². The van der Waals surface area contributed by atoms with E-state index >= 15 is 0 Å². The Labute approximate surface area is 109 Å². The van der Waals surface area contributed by atoms with E-state index in [0.717, 1.165) is 12.5 Å². The topological polar surface area (TPSA) is 29.5 Å². The first-order valence-corrected chi connectivity index (χ1v) is 6.01. The summed E-state index contributed by atoms with van der Waals surface area (Å²) in [6.07, 6.45) is -3.51. The Bertz CT molecular complexity index is 452. The summed E-state index contributed by atoms with van der Waals surface area (Å²) in [5.41, 5.74) is -0.740. The van der Waals surface area contributed by atoms with Crippen molar-refractivity contribution in [2.75, 3.05) is 31.2 Å². The molecule has 2 rings (SSSR count). The summed E-state index contributed by atoms with van der Waals surface area (Å²) in [6.45, 7) is 2.32. The second kappa shape index (κ2) is 5.61. The molecule has 1 heterocycles. The molecule has 19 heavy (non-hydrogen) atoms. The van der Waals surface area contributed by atoms with Gasteiger partial charge in [0.2, 0.25) is 0 Å². The van der Waals surface area contributed by atoms with Crippen LogP contribution in [0.25, 0.3) is 0 Å². The fourth-order valence-corrected chi connectivity index (χ4v) is 2.09. The molecule has 0 aromatic heterocycles. The van der Waals surface area contributed by atoms with Crippen LogP contribution in [0.3, 0.4) is 0 Å². The van der Waals surface area contributed by atoms with E-state index in [1.165, 1.54) is 6.07 Å². The van der Waals surface area contributed by atoms with Crippen LogP contribution in [-0.2, 0) is 10.9 Å². The number of rotatable bonds is 2. The summed E-state index contributed by atoms with van der Waals surface area (Å²) >= 11 is 0. The Morgan fingerprint density at radius 2 is 2.00 bits per heavy atom. The van der Waals surface area contributed by atoms with Crippen molar-refractivity contribution in [3.05, 3.63) is 29.3 Å². The molecule has 0 N–H and O–H groups in total. The van der Waals surface area contributed by atoms with Gasteiger partial charge in [0, 0.05) is 30.9 Å². The van der Waals surface area contributed by atoms with Crippen LogP contribution in [-0.4, -0.2) is 32.6 Å². The maximum absolute atomic E-state index is 12.9. The Hall–Kier alpha value is -1.56. The molecule has 0 unspecified atom stereocenters. The van der Waals surface area contributed by atoms with Crippen molar-refractivity contribution in [1.82, 2.24) is 0 Å². The maximum Gasteiger partial charge on any atom is 0.417 e. The van der Waals surface area contributed by atoms with E-state index in [-0.39, 0.29) is 11.8 Å². The van der Waals surface area contributed by atoms with Crippen LogP contribution in [0.1, 0.15) is 22.3 Å². The minimum atomic E-state index is -4.52. The van der Waals surface area contributed by atoms with Crippen molar-refractivity contribution < 1.29 is 22.7 Å². The molecule has 0 spiro atoms. The van der Waals surface area contributed by atoms with Gasteiger partial charge in [0.25, 0.3) is 0 Å². The molecule has 0 atom stereocenters. The lowest BCUT2D eigenvalue weighted by molar-refractivity contribution is -0.137. The second-order valence-electron chi connectivity index (χ2n) is 4.34. The number of halogens is 3. The zero-order chi connectivity index (χ0) is 13.9. The predicted molar refractivity (Wildman–Crippen MR) is 64.5 cm³/mol. The summed E-state index contributed by atoms with van der Waals surface area (Å²) in [6, 6.07) is 3.80. The highest BCUT2D eigenvalue weighted by Crippen LogP contribution is 2.34. The van der Waals surface area contributed by atoms with Gasteiger partial charge in [0.1, 0.15) is 0 Å². The van der Waals surface area contributed by atoms with E-state index in [2.05, 4.69) is 0 Å². The van der Waals surface area contributed by atoms with Crippen LogP contribution in [0.5, 0.6) is 0 Å². The minimum absolute atomic E-state index is 0.234. The highest BCUT2D eigenvalue weighted by atomic mass is 19.4. The third kappa shape index (κ3) is 3.26. The molecule has 6 heteroatoms. The highest BCUT2D eigenvalue weighted by molar-refractivity contribution is 5.79. The smallest absolute Gasteiger partial charge is 0.380 e. The number of anilines is 1. The van der Waals surface area contributed by atoms with E-state index in [1.54, 1.807) is 6.07 Å². The number of benzene rings is 1. The molecule has 1 aromatic carbocycles. The Morgan fingerprint density at radius 3 is 2.68 bits per heavy atom. The average Bonchev–Trinajstić information content (AvgIpc) is 2.66. The van der Waals surface area contributed by atoms with Gasteiger partial charge < -0.3 is 9.64 Å². The molecule has 1 aromatic rings. The Morgan fingerprint density at radius 1 is 1.21 bits per heavy atom. The van der Waals surface area contributed by atoms with Gasteiger partial charge in [-0.25, -0.2) is 0 Å². The van der Waals surface area contributed by atoms with Crippen LogP contribution in [0.2, 0.25) is 0 Å². The molecule has 3 nitrogen and oxygen atoms in total. The summed E-state index contributed by atoms with van der Waals surface area (Å²) in [4.78, 5) is 12.5. The van der Waals surface area contributed by atoms with E-state index in [9.17, 15) is 18.0 Å². The third-order valence-corrected chi connectivity index (χ3v) is 3.06. The van der Waals surface area contributed by atoms with E-state index in [1.807, 2.05) is 4.90 Å². The first-order valence-electron chi connectivity index (χ1n) is 6.01. The van der Waals surface area contributed by atoms with Crippen LogP contribution in [0.4, 0.5) is 18.9 Å². The molecular formula is C13H14F3NO2. The number of hydrogen-bond donors (Lipinski definition) is 0. The molecule has 1 aliphatic heterocycles. The van der Waals surface area contributed by atoms with E-state index in [4.69, 9.17) is 4.74 Å². The maximum atomic E-state index is 12.9. The molecule has 1 aliphatic rings. The molecule has 0 saturated carbocycles. The van der Waals surface area contributed by atoms with E-state index in [0.29, 0.717) is 32.0 Å². The fraction of sp³-hybridized carbons (Fsp3) is 0.462. The second-order valence-corrected chi connectivity index (χ2v) is 4.34. The molecule has 0 radical (unpaired) electrons. The van der Waals surface area contributed by atoms with Gasteiger partial charge in [-0.1, -0.05) is 0 Å². The number of aldehydes is 1. The van der Waals surface area contributed by atoms with Crippen molar-refractivity contribution in [3.8, 4) is 0 Å². The van der Waals surface area contributed by atoms with Gasteiger partial charge in [0.05, 0.1) is 12.2 Å². The quantitative estimate of drug-likeness (QED) is 0.776.